The summed E-state index contributed by atoms with van der Waals surface area (Å²) in [6.07, 6.45) is 0.291. The van der Waals surface area contributed by atoms with Crippen LogP contribution in [0.3, 0.4) is 0 Å². The second-order valence-corrected chi connectivity index (χ2v) is 6.31. The molecule has 0 saturated heterocycles. The summed E-state index contributed by atoms with van der Waals surface area (Å²) in [6, 6.07) is 13.2. The predicted octanol–water partition coefficient (Wildman–Crippen LogP) is 1.66. The molecule has 1 aromatic carbocycles. The summed E-state index contributed by atoms with van der Waals surface area (Å²) in [5.41, 5.74) is 0.907. The topological polar surface area (TPSA) is 84.5 Å². The van der Waals surface area contributed by atoms with Crippen molar-refractivity contribution < 1.29 is 19.1 Å². The zero-order valence-electron chi connectivity index (χ0n) is 13.7. The highest BCUT2D eigenvalue weighted by Crippen LogP contribution is 2.07. The predicted molar refractivity (Wildman–Crippen MR) is 94.9 cm³/mol. The molecule has 0 spiro atoms. The first kappa shape index (κ1) is 18.7. The van der Waals surface area contributed by atoms with Crippen LogP contribution in [-0.4, -0.2) is 30.9 Å². The van der Waals surface area contributed by atoms with Crippen molar-refractivity contribution in [3.8, 4) is 0 Å². The Morgan fingerprint density at radius 2 is 1.76 bits per heavy atom. The third-order valence-electron chi connectivity index (χ3n) is 3.26. The maximum atomic E-state index is 11.7. The van der Waals surface area contributed by atoms with Crippen LogP contribution in [0, 0.1) is 0 Å². The van der Waals surface area contributed by atoms with Crippen molar-refractivity contribution in [3.63, 3.8) is 0 Å². The molecule has 0 bridgehead atoms. The molecule has 25 heavy (non-hydrogen) atoms. The average molecular weight is 360 g/mol. The number of hydrogen-bond donors (Lipinski definition) is 2. The highest BCUT2D eigenvalue weighted by molar-refractivity contribution is 7.09. The van der Waals surface area contributed by atoms with Gasteiger partial charge in [-0.25, -0.2) is 0 Å². The van der Waals surface area contributed by atoms with Crippen molar-refractivity contribution in [2.24, 2.45) is 0 Å². The monoisotopic (exact) mass is 360 g/mol. The molecule has 132 valence electrons. The van der Waals surface area contributed by atoms with Crippen molar-refractivity contribution >= 4 is 29.1 Å². The standard InChI is InChI=1S/C18H20N2O4S/c21-16(11-14-5-2-1-3-6-14)19-9-8-18(23)24-13-17(22)20-12-15-7-4-10-25-15/h1-7,10H,8-9,11-13H2,(H,19,21)(H,20,22). The van der Waals surface area contributed by atoms with Gasteiger partial charge in [0.1, 0.15) is 0 Å². The van der Waals surface area contributed by atoms with Gasteiger partial charge in [-0.15, -0.1) is 11.3 Å². The van der Waals surface area contributed by atoms with Gasteiger partial charge >= 0.3 is 5.97 Å². The molecule has 7 heteroatoms. The molecule has 2 amide bonds. The maximum absolute atomic E-state index is 11.7. The van der Waals surface area contributed by atoms with Gasteiger partial charge in [-0.2, -0.15) is 0 Å². The lowest BCUT2D eigenvalue weighted by atomic mass is 10.1. The van der Waals surface area contributed by atoms with Crippen LogP contribution < -0.4 is 10.6 Å². The molecule has 0 fully saturated rings. The quantitative estimate of drug-likeness (QED) is 0.666. The van der Waals surface area contributed by atoms with Crippen LogP contribution in [0.15, 0.2) is 47.8 Å². The molecule has 0 atom stereocenters. The first-order chi connectivity index (χ1) is 12.1. The Balaban J connectivity index is 1.54. The first-order valence-electron chi connectivity index (χ1n) is 7.89. The number of carbonyl (C=O) groups excluding carboxylic acids is 3. The number of benzene rings is 1. The van der Waals surface area contributed by atoms with E-state index >= 15 is 0 Å². The summed E-state index contributed by atoms with van der Waals surface area (Å²) >= 11 is 1.54. The molecular formula is C18H20N2O4S. The zero-order valence-corrected chi connectivity index (χ0v) is 14.5. The number of thiophene rings is 1. The van der Waals surface area contributed by atoms with Crippen molar-refractivity contribution in [1.29, 1.82) is 0 Å². The van der Waals surface area contributed by atoms with Crippen LogP contribution in [-0.2, 0) is 32.1 Å². The maximum Gasteiger partial charge on any atom is 0.308 e. The molecule has 6 nitrogen and oxygen atoms in total. The Morgan fingerprint density at radius 1 is 0.960 bits per heavy atom. The summed E-state index contributed by atoms with van der Waals surface area (Å²) in [5.74, 6) is -1.03. The van der Waals surface area contributed by atoms with Gasteiger partial charge < -0.3 is 15.4 Å². The summed E-state index contributed by atoms with van der Waals surface area (Å²) in [5, 5.41) is 7.25. The number of rotatable bonds is 9. The third kappa shape index (κ3) is 7.63. The Bertz CT molecular complexity index is 686. The molecule has 0 saturated carbocycles. The fourth-order valence-corrected chi connectivity index (χ4v) is 2.66. The fraction of sp³-hybridized carbons (Fsp3) is 0.278. The van der Waals surface area contributed by atoms with E-state index in [0.717, 1.165) is 10.4 Å². The summed E-state index contributed by atoms with van der Waals surface area (Å²) in [7, 11) is 0. The van der Waals surface area contributed by atoms with Gasteiger partial charge in [0.15, 0.2) is 6.61 Å². The lowest BCUT2D eigenvalue weighted by Gasteiger charge is -2.07. The largest absolute Gasteiger partial charge is 0.456 e. The number of carbonyl (C=O) groups is 3. The van der Waals surface area contributed by atoms with E-state index in [0.29, 0.717) is 6.54 Å². The van der Waals surface area contributed by atoms with Gasteiger partial charge in [-0.1, -0.05) is 36.4 Å². The third-order valence-corrected chi connectivity index (χ3v) is 4.14. The van der Waals surface area contributed by atoms with Crippen molar-refractivity contribution in [1.82, 2.24) is 10.6 Å². The second kappa shape index (κ2) is 10.2. The Labute approximate surface area is 150 Å². The van der Waals surface area contributed by atoms with Crippen LogP contribution >= 0.6 is 11.3 Å². The van der Waals surface area contributed by atoms with Gasteiger partial charge in [0.25, 0.3) is 5.91 Å². The van der Waals surface area contributed by atoms with Gasteiger partial charge in [-0.05, 0) is 17.0 Å². The van der Waals surface area contributed by atoms with Crippen LogP contribution in [0.5, 0.6) is 0 Å². The fourth-order valence-electron chi connectivity index (χ4n) is 2.02. The van der Waals surface area contributed by atoms with Crippen molar-refractivity contribution in [2.45, 2.75) is 19.4 Å². The molecule has 1 heterocycles. The highest BCUT2D eigenvalue weighted by atomic mass is 32.1. The Morgan fingerprint density at radius 3 is 2.48 bits per heavy atom. The van der Waals surface area contributed by atoms with Crippen molar-refractivity contribution in [3.05, 3.63) is 58.3 Å². The molecule has 0 unspecified atom stereocenters. The second-order valence-electron chi connectivity index (χ2n) is 5.28. The SMILES string of the molecule is O=C(COC(=O)CCNC(=O)Cc1ccccc1)NCc1cccs1. The van der Waals surface area contributed by atoms with Gasteiger partial charge in [-0.3, -0.25) is 14.4 Å². The van der Waals surface area contributed by atoms with Crippen LogP contribution in [0.2, 0.25) is 0 Å². The Kier molecular flexibility index (Phi) is 7.65. The Hall–Kier alpha value is -2.67. The lowest BCUT2D eigenvalue weighted by Crippen LogP contribution is -2.30. The van der Waals surface area contributed by atoms with E-state index < -0.39 is 5.97 Å². The number of ether oxygens (including phenoxy) is 1. The molecular weight excluding hydrogens is 340 g/mol. The van der Waals surface area contributed by atoms with Crippen LogP contribution in [0.4, 0.5) is 0 Å². The minimum absolute atomic E-state index is 0.0265. The molecule has 0 aliphatic heterocycles. The molecule has 0 radical (unpaired) electrons. The van der Waals surface area contributed by atoms with Crippen LogP contribution in [0.1, 0.15) is 16.9 Å². The van der Waals surface area contributed by atoms with E-state index in [2.05, 4.69) is 10.6 Å². The van der Waals surface area contributed by atoms with Crippen LogP contribution in [0.25, 0.3) is 0 Å². The highest BCUT2D eigenvalue weighted by Gasteiger charge is 2.09. The number of amides is 2. The van der Waals surface area contributed by atoms with Crippen molar-refractivity contribution in [2.75, 3.05) is 13.2 Å². The zero-order chi connectivity index (χ0) is 17.9. The average Bonchev–Trinajstić information content (AvgIpc) is 3.12. The van der Waals surface area contributed by atoms with Gasteiger partial charge in [0.05, 0.1) is 19.4 Å². The minimum Gasteiger partial charge on any atom is -0.456 e. The lowest BCUT2D eigenvalue weighted by molar-refractivity contribution is -0.148. The summed E-state index contributed by atoms with van der Waals surface area (Å²) in [4.78, 5) is 35.9. The summed E-state index contributed by atoms with van der Waals surface area (Å²) < 4.78 is 4.87. The van der Waals surface area contributed by atoms with E-state index in [-0.39, 0.29) is 37.8 Å². The number of hydrogen-bond acceptors (Lipinski definition) is 5. The minimum atomic E-state index is -0.522. The summed E-state index contributed by atoms with van der Waals surface area (Å²) in [6.45, 7) is 0.285. The van der Waals surface area contributed by atoms with E-state index in [9.17, 15) is 14.4 Å². The first-order valence-corrected chi connectivity index (χ1v) is 8.77. The molecule has 0 aliphatic rings. The molecule has 2 aromatic rings. The molecule has 2 rings (SSSR count). The van der Waals surface area contributed by atoms with Gasteiger partial charge in [0, 0.05) is 11.4 Å². The molecule has 0 aliphatic carbocycles. The molecule has 1 aromatic heterocycles. The van der Waals surface area contributed by atoms with Gasteiger partial charge in [0.2, 0.25) is 5.91 Å². The number of nitrogens with one attached hydrogen (secondary N) is 2. The van der Waals surface area contributed by atoms with E-state index in [1.165, 1.54) is 0 Å². The number of esters is 1. The smallest absolute Gasteiger partial charge is 0.308 e. The normalized spacial score (nSPS) is 10.1. The van der Waals surface area contributed by atoms with E-state index in [1.807, 2.05) is 47.8 Å². The van der Waals surface area contributed by atoms with E-state index in [4.69, 9.17) is 4.74 Å². The molecule has 2 N–H and O–H groups in total. The van der Waals surface area contributed by atoms with E-state index in [1.54, 1.807) is 11.3 Å².